The van der Waals surface area contributed by atoms with Crippen LogP contribution in [0.25, 0.3) is 0 Å². The van der Waals surface area contributed by atoms with Crippen molar-refractivity contribution in [2.75, 3.05) is 0 Å². The number of rotatable bonds is 5. The monoisotopic (exact) mass is 242 g/mol. The van der Waals surface area contributed by atoms with Crippen LogP contribution in [0.2, 0.25) is 0 Å². The van der Waals surface area contributed by atoms with Crippen LogP contribution in [0.3, 0.4) is 0 Å². The van der Waals surface area contributed by atoms with E-state index in [-0.39, 0.29) is 18.2 Å². The van der Waals surface area contributed by atoms with Crippen LogP contribution in [0, 0.1) is 11.6 Å². The third-order valence-electron chi connectivity index (χ3n) is 2.22. The molecule has 4 heteroatoms. The molecule has 1 aromatic carbocycles. The lowest BCUT2D eigenvalue weighted by atomic mass is 10.1. The van der Waals surface area contributed by atoms with Crippen molar-refractivity contribution in [1.82, 2.24) is 10.6 Å². The number of benzene rings is 1. The second-order valence-electron chi connectivity index (χ2n) is 4.78. The van der Waals surface area contributed by atoms with E-state index in [9.17, 15) is 8.78 Å². The second-order valence-corrected chi connectivity index (χ2v) is 4.78. The predicted octanol–water partition coefficient (Wildman–Crippen LogP) is 2.96. The van der Waals surface area contributed by atoms with Gasteiger partial charge in [0.15, 0.2) is 0 Å². The van der Waals surface area contributed by atoms with Gasteiger partial charge in [0.05, 0.1) is 6.17 Å². The summed E-state index contributed by atoms with van der Waals surface area (Å²) in [5.74, 6) is -1.11. The van der Waals surface area contributed by atoms with Gasteiger partial charge in [-0.3, -0.25) is 10.6 Å². The number of hydrogen-bond donors (Lipinski definition) is 2. The standard InChI is InChI=1S/C13H20F2N2/c1-8(2)16-13(17-9(3)4)10-5-11(14)7-12(15)6-10/h5-9,13,16-17H,1-4H3. The molecule has 2 nitrogen and oxygen atoms in total. The second kappa shape index (κ2) is 6.07. The molecule has 2 N–H and O–H groups in total. The Balaban J connectivity index is 2.94. The van der Waals surface area contributed by atoms with Crippen molar-refractivity contribution in [3.8, 4) is 0 Å². The lowest BCUT2D eigenvalue weighted by molar-refractivity contribution is 0.373. The zero-order chi connectivity index (χ0) is 13.0. The van der Waals surface area contributed by atoms with E-state index in [4.69, 9.17) is 0 Å². The molecule has 0 amide bonds. The van der Waals surface area contributed by atoms with Gasteiger partial charge in [-0.2, -0.15) is 0 Å². The maximum absolute atomic E-state index is 13.2. The van der Waals surface area contributed by atoms with Gasteiger partial charge in [-0.1, -0.05) is 0 Å². The van der Waals surface area contributed by atoms with E-state index >= 15 is 0 Å². The van der Waals surface area contributed by atoms with E-state index in [2.05, 4.69) is 10.6 Å². The van der Waals surface area contributed by atoms with E-state index in [1.165, 1.54) is 12.1 Å². The molecule has 0 radical (unpaired) electrons. The lowest BCUT2D eigenvalue weighted by Crippen LogP contribution is -2.41. The fraction of sp³-hybridized carbons (Fsp3) is 0.538. The lowest BCUT2D eigenvalue weighted by Gasteiger charge is -2.25. The van der Waals surface area contributed by atoms with Crippen LogP contribution in [0.1, 0.15) is 39.4 Å². The minimum atomic E-state index is -0.555. The molecule has 0 saturated carbocycles. The maximum atomic E-state index is 13.2. The molecule has 96 valence electrons. The summed E-state index contributed by atoms with van der Waals surface area (Å²) in [4.78, 5) is 0. The Hall–Kier alpha value is -1.00. The summed E-state index contributed by atoms with van der Waals surface area (Å²) in [7, 11) is 0. The van der Waals surface area contributed by atoms with Crippen LogP contribution in [-0.2, 0) is 0 Å². The highest BCUT2D eigenvalue weighted by atomic mass is 19.1. The van der Waals surface area contributed by atoms with Crippen LogP contribution in [-0.4, -0.2) is 12.1 Å². The van der Waals surface area contributed by atoms with Gasteiger partial charge in [0, 0.05) is 18.2 Å². The molecule has 0 aliphatic heterocycles. The van der Waals surface area contributed by atoms with Gasteiger partial charge in [0.1, 0.15) is 11.6 Å². The number of hydrogen-bond acceptors (Lipinski definition) is 2. The third kappa shape index (κ3) is 4.79. The molecule has 0 heterocycles. The summed E-state index contributed by atoms with van der Waals surface area (Å²) in [6.07, 6.45) is -0.250. The first-order valence-corrected chi connectivity index (χ1v) is 5.86. The van der Waals surface area contributed by atoms with Crippen molar-refractivity contribution in [1.29, 1.82) is 0 Å². The molecule has 1 aromatic rings. The Bertz CT molecular complexity index is 334. The quantitative estimate of drug-likeness (QED) is 0.776. The van der Waals surface area contributed by atoms with Gasteiger partial charge in [0.2, 0.25) is 0 Å². The minimum absolute atomic E-state index is 0.220. The van der Waals surface area contributed by atoms with Gasteiger partial charge in [-0.15, -0.1) is 0 Å². The normalized spacial score (nSPS) is 11.8. The molecular weight excluding hydrogens is 222 g/mol. The summed E-state index contributed by atoms with van der Waals surface area (Å²) in [5, 5.41) is 6.47. The van der Waals surface area contributed by atoms with E-state index in [0.29, 0.717) is 5.56 Å². The van der Waals surface area contributed by atoms with Gasteiger partial charge in [-0.05, 0) is 45.4 Å². The first kappa shape index (κ1) is 14.1. The Morgan fingerprint density at radius 1 is 0.824 bits per heavy atom. The first-order valence-electron chi connectivity index (χ1n) is 5.86. The van der Waals surface area contributed by atoms with Crippen molar-refractivity contribution in [3.63, 3.8) is 0 Å². The highest BCUT2D eigenvalue weighted by molar-refractivity contribution is 5.21. The molecule has 0 atom stereocenters. The molecule has 1 rings (SSSR count). The molecule has 0 spiro atoms. The zero-order valence-corrected chi connectivity index (χ0v) is 10.7. The molecule has 0 aliphatic carbocycles. The Morgan fingerprint density at radius 3 is 1.59 bits per heavy atom. The molecule has 0 aromatic heterocycles. The molecule has 0 bridgehead atoms. The van der Waals surface area contributed by atoms with Gasteiger partial charge in [-0.25, -0.2) is 8.78 Å². The average molecular weight is 242 g/mol. The molecule has 0 aliphatic rings. The molecule has 0 fully saturated rings. The van der Waals surface area contributed by atoms with E-state index in [0.717, 1.165) is 6.07 Å². The summed E-state index contributed by atoms with van der Waals surface area (Å²) >= 11 is 0. The molecular formula is C13H20F2N2. The summed E-state index contributed by atoms with van der Waals surface area (Å²) < 4.78 is 26.3. The molecule has 17 heavy (non-hydrogen) atoms. The fourth-order valence-corrected chi connectivity index (χ4v) is 1.65. The average Bonchev–Trinajstić information content (AvgIpc) is 2.13. The topological polar surface area (TPSA) is 24.1 Å². The summed E-state index contributed by atoms with van der Waals surface area (Å²) in [5.41, 5.74) is 0.574. The van der Waals surface area contributed by atoms with Gasteiger partial charge in [0.25, 0.3) is 0 Å². The predicted molar refractivity (Wildman–Crippen MR) is 65.6 cm³/mol. The fourth-order valence-electron chi connectivity index (χ4n) is 1.65. The smallest absolute Gasteiger partial charge is 0.126 e. The van der Waals surface area contributed by atoms with Crippen LogP contribution >= 0.6 is 0 Å². The van der Waals surface area contributed by atoms with Crippen molar-refractivity contribution < 1.29 is 8.78 Å². The summed E-state index contributed by atoms with van der Waals surface area (Å²) in [6.45, 7) is 7.96. The van der Waals surface area contributed by atoms with Crippen molar-refractivity contribution in [3.05, 3.63) is 35.4 Å². The summed E-state index contributed by atoms with van der Waals surface area (Å²) in [6, 6.07) is 4.01. The Labute approximate surface area is 101 Å². The van der Waals surface area contributed by atoms with E-state index < -0.39 is 11.6 Å². The first-order chi connectivity index (χ1) is 7.88. The highest BCUT2D eigenvalue weighted by Gasteiger charge is 2.15. The Morgan fingerprint density at radius 2 is 1.24 bits per heavy atom. The number of nitrogens with one attached hydrogen (secondary N) is 2. The van der Waals surface area contributed by atoms with Crippen molar-refractivity contribution >= 4 is 0 Å². The molecule has 0 saturated heterocycles. The zero-order valence-electron chi connectivity index (χ0n) is 10.7. The maximum Gasteiger partial charge on any atom is 0.126 e. The van der Waals surface area contributed by atoms with Crippen LogP contribution < -0.4 is 10.6 Å². The van der Waals surface area contributed by atoms with Crippen LogP contribution in [0.15, 0.2) is 18.2 Å². The Kier molecular flexibility index (Phi) is 5.02. The van der Waals surface area contributed by atoms with Crippen LogP contribution in [0.4, 0.5) is 8.78 Å². The number of halogens is 2. The van der Waals surface area contributed by atoms with Gasteiger partial charge < -0.3 is 0 Å². The van der Waals surface area contributed by atoms with Gasteiger partial charge >= 0.3 is 0 Å². The highest BCUT2D eigenvalue weighted by Crippen LogP contribution is 2.15. The van der Waals surface area contributed by atoms with Crippen molar-refractivity contribution in [2.45, 2.75) is 45.9 Å². The van der Waals surface area contributed by atoms with E-state index in [1.807, 2.05) is 27.7 Å². The SMILES string of the molecule is CC(C)NC(NC(C)C)c1cc(F)cc(F)c1. The van der Waals surface area contributed by atoms with Crippen molar-refractivity contribution in [2.24, 2.45) is 0 Å². The third-order valence-corrected chi connectivity index (χ3v) is 2.22. The van der Waals surface area contributed by atoms with Crippen LogP contribution in [0.5, 0.6) is 0 Å². The van der Waals surface area contributed by atoms with E-state index in [1.54, 1.807) is 0 Å². The molecule has 0 unspecified atom stereocenters. The minimum Gasteiger partial charge on any atom is -0.296 e. The largest absolute Gasteiger partial charge is 0.296 e.